The number of nitrogens with zero attached hydrogens (tertiary/aromatic N) is 4. The Hall–Kier alpha value is -1.89. The number of fused-ring (bicyclic) bond motifs is 1. The van der Waals surface area contributed by atoms with Crippen molar-refractivity contribution in [2.45, 2.75) is 17.9 Å². The second-order valence-corrected chi connectivity index (χ2v) is 7.35. The molecule has 0 saturated carbocycles. The standard InChI is InChI=1S/C20H24N4OS/c1-26-17-7-5-16(6-8-17)19-22-18-4-2-9-21-20(18)24(19)11-3-10-23-12-14-25-15-13-23/h2,4-9H,3,10-15H2,1H3. The number of hydrogen-bond acceptors (Lipinski definition) is 5. The first-order valence-corrected chi connectivity index (χ1v) is 10.3. The Bertz CT molecular complexity index is 856. The normalized spacial score (nSPS) is 15.6. The highest BCUT2D eigenvalue weighted by Crippen LogP contribution is 2.26. The summed E-state index contributed by atoms with van der Waals surface area (Å²) >= 11 is 1.76. The van der Waals surface area contributed by atoms with Gasteiger partial charge in [0.2, 0.25) is 0 Å². The fourth-order valence-electron chi connectivity index (χ4n) is 3.41. The molecule has 1 aromatic carbocycles. The molecule has 5 nitrogen and oxygen atoms in total. The van der Waals surface area contributed by atoms with Gasteiger partial charge in [0, 0.05) is 42.8 Å². The Balaban J connectivity index is 1.58. The Morgan fingerprint density at radius 1 is 1.08 bits per heavy atom. The lowest BCUT2D eigenvalue weighted by molar-refractivity contribution is 0.0370. The molecule has 1 aliphatic heterocycles. The summed E-state index contributed by atoms with van der Waals surface area (Å²) in [6, 6.07) is 12.6. The zero-order chi connectivity index (χ0) is 17.8. The van der Waals surface area contributed by atoms with E-state index < -0.39 is 0 Å². The van der Waals surface area contributed by atoms with Crippen molar-refractivity contribution in [2.75, 3.05) is 39.1 Å². The van der Waals surface area contributed by atoms with Crippen LogP contribution in [-0.2, 0) is 11.3 Å². The number of hydrogen-bond donors (Lipinski definition) is 0. The number of rotatable bonds is 6. The van der Waals surface area contributed by atoms with Crippen LogP contribution in [0.2, 0.25) is 0 Å². The van der Waals surface area contributed by atoms with E-state index in [-0.39, 0.29) is 0 Å². The summed E-state index contributed by atoms with van der Waals surface area (Å²) in [5, 5.41) is 0. The molecule has 6 heteroatoms. The Morgan fingerprint density at radius 3 is 2.65 bits per heavy atom. The molecule has 1 saturated heterocycles. The van der Waals surface area contributed by atoms with Crippen molar-refractivity contribution in [3.8, 4) is 11.4 Å². The van der Waals surface area contributed by atoms with Crippen molar-refractivity contribution in [1.82, 2.24) is 19.4 Å². The predicted octanol–water partition coefficient (Wildman–Crippen LogP) is 3.54. The molecule has 0 atom stereocenters. The van der Waals surface area contributed by atoms with Crippen LogP contribution in [0.15, 0.2) is 47.5 Å². The fourth-order valence-corrected chi connectivity index (χ4v) is 3.82. The molecule has 0 amide bonds. The molecule has 1 aliphatic rings. The number of pyridine rings is 1. The SMILES string of the molecule is CSc1ccc(-c2nc3cccnc3n2CCCN2CCOCC2)cc1. The molecule has 26 heavy (non-hydrogen) atoms. The van der Waals surface area contributed by atoms with Gasteiger partial charge in [-0.2, -0.15) is 0 Å². The highest BCUT2D eigenvalue weighted by Gasteiger charge is 2.15. The average Bonchev–Trinajstić information content (AvgIpc) is 3.08. The second kappa shape index (κ2) is 8.20. The van der Waals surface area contributed by atoms with Crippen molar-refractivity contribution in [3.63, 3.8) is 0 Å². The molecular weight excluding hydrogens is 344 g/mol. The molecule has 3 aromatic rings. The van der Waals surface area contributed by atoms with Crippen molar-refractivity contribution in [2.24, 2.45) is 0 Å². The lowest BCUT2D eigenvalue weighted by Gasteiger charge is -2.26. The number of aryl methyl sites for hydroxylation is 1. The Morgan fingerprint density at radius 2 is 1.88 bits per heavy atom. The summed E-state index contributed by atoms with van der Waals surface area (Å²) < 4.78 is 7.70. The first-order chi connectivity index (χ1) is 12.8. The third-order valence-corrected chi connectivity index (χ3v) is 5.56. The second-order valence-electron chi connectivity index (χ2n) is 6.47. The largest absolute Gasteiger partial charge is 0.379 e. The zero-order valence-electron chi connectivity index (χ0n) is 15.1. The Labute approximate surface area is 158 Å². The van der Waals surface area contributed by atoms with Crippen LogP contribution in [0.1, 0.15) is 6.42 Å². The highest BCUT2D eigenvalue weighted by molar-refractivity contribution is 7.98. The fraction of sp³-hybridized carbons (Fsp3) is 0.400. The van der Waals surface area contributed by atoms with Gasteiger partial charge in [-0.1, -0.05) is 12.1 Å². The first-order valence-electron chi connectivity index (χ1n) is 9.11. The van der Waals surface area contributed by atoms with Crippen LogP contribution in [0.3, 0.4) is 0 Å². The van der Waals surface area contributed by atoms with E-state index in [4.69, 9.17) is 9.72 Å². The molecule has 136 valence electrons. The maximum absolute atomic E-state index is 5.44. The maximum atomic E-state index is 5.44. The molecule has 3 heterocycles. The molecule has 0 radical (unpaired) electrons. The van der Waals surface area contributed by atoms with Gasteiger partial charge in [-0.05, 0) is 36.9 Å². The van der Waals surface area contributed by atoms with Crippen molar-refractivity contribution in [3.05, 3.63) is 42.6 Å². The molecule has 0 aliphatic carbocycles. The van der Waals surface area contributed by atoms with Crippen LogP contribution in [-0.4, -0.2) is 58.5 Å². The van der Waals surface area contributed by atoms with Crippen molar-refractivity contribution >= 4 is 22.9 Å². The van der Waals surface area contributed by atoms with Gasteiger partial charge in [-0.25, -0.2) is 9.97 Å². The minimum Gasteiger partial charge on any atom is -0.379 e. The van der Waals surface area contributed by atoms with Gasteiger partial charge >= 0.3 is 0 Å². The van der Waals surface area contributed by atoms with E-state index in [2.05, 4.69) is 45.0 Å². The summed E-state index contributed by atoms with van der Waals surface area (Å²) in [6.07, 6.45) is 5.03. The first kappa shape index (κ1) is 17.5. The van der Waals surface area contributed by atoms with Gasteiger partial charge in [0.1, 0.15) is 11.3 Å². The van der Waals surface area contributed by atoms with Crippen LogP contribution < -0.4 is 0 Å². The van der Waals surface area contributed by atoms with Gasteiger partial charge in [-0.15, -0.1) is 11.8 Å². The van der Waals surface area contributed by atoms with E-state index in [1.165, 1.54) is 4.90 Å². The molecule has 4 rings (SSSR count). The number of morpholine rings is 1. The highest BCUT2D eigenvalue weighted by atomic mass is 32.2. The lowest BCUT2D eigenvalue weighted by atomic mass is 10.2. The minimum absolute atomic E-state index is 0.850. The van der Waals surface area contributed by atoms with E-state index in [1.807, 2.05) is 18.3 Å². The maximum Gasteiger partial charge on any atom is 0.160 e. The van der Waals surface area contributed by atoms with E-state index in [0.717, 1.165) is 68.4 Å². The van der Waals surface area contributed by atoms with E-state index in [0.29, 0.717) is 0 Å². The third kappa shape index (κ3) is 3.77. The molecule has 1 fully saturated rings. The number of ether oxygens (including phenoxy) is 1. The summed E-state index contributed by atoms with van der Waals surface area (Å²) in [5.74, 6) is 1.01. The molecular formula is C20H24N4OS. The van der Waals surface area contributed by atoms with Gasteiger partial charge in [0.15, 0.2) is 5.65 Å². The number of benzene rings is 1. The van der Waals surface area contributed by atoms with Crippen LogP contribution >= 0.6 is 11.8 Å². The van der Waals surface area contributed by atoms with Crippen molar-refractivity contribution < 1.29 is 4.74 Å². The van der Waals surface area contributed by atoms with Crippen LogP contribution in [0.25, 0.3) is 22.6 Å². The van der Waals surface area contributed by atoms with E-state index in [1.54, 1.807) is 11.8 Å². The predicted molar refractivity (Wildman–Crippen MR) is 107 cm³/mol. The van der Waals surface area contributed by atoms with Gasteiger partial charge < -0.3 is 9.30 Å². The van der Waals surface area contributed by atoms with Crippen LogP contribution in [0.4, 0.5) is 0 Å². The van der Waals surface area contributed by atoms with Crippen molar-refractivity contribution in [1.29, 1.82) is 0 Å². The van der Waals surface area contributed by atoms with E-state index >= 15 is 0 Å². The lowest BCUT2D eigenvalue weighted by Crippen LogP contribution is -2.37. The van der Waals surface area contributed by atoms with Gasteiger partial charge in [-0.3, -0.25) is 4.90 Å². The molecule has 0 spiro atoms. The average molecular weight is 369 g/mol. The molecule has 0 bridgehead atoms. The van der Waals surface area contributed by atoms with Gasteiger partial charge in [0.25, 0.3) is 0 Å². The minimum atomic E-state index is 0.850. The zero-order valence-corrected chi connectivity index (χ0v) is 15.9. The summed E-state index contributed by atoms with van der Waals surface area (Å²) in [4.78, 5) is 13.2. The number of thioether (sulfide) groups is 1. The van der Waals surface area contributed by atoms with E-state index in [9.17, 15) is 0 Å². The summed E-state index contributed by atoms with van der Waals surface area (Å²) in [7, 11) is 0. The third-order valence-electron chi connectivity index (χ3n) is 4.81. The molecule has 0 unspecified atom stereocenters. The molecule has 0 N–H and O–H groups in total. The smallest absolute Gasteiger partial charge is 0.160 e. The Kier molecular flexibility index (Phi) is 5.53. The van der Waals surface area contributed by atoms with Crippen LogP contribution in [0.5, 0.6) is 0 Å². The number of imidazole rings is 1. The van der Waals surface area contributed by atoms with Crippen LogP contribution in [0, 0.1) is 0 Å². The quantitative estimate of drug-likeness (QED) is 0.623. The summed E-state index contributed by atoms with van der Waals surface area (Å²) in [6.45, 7) is 5.77. The number of aromatic nitrogens is 3. The topological polar surface area (TPSA) is 43.2 Å². The van der Waals surface area contributed by atoms with Gasteiger partial charge in [0.05, 0.1) is 13.2 Å². The monoisotopic (exact) mass is 368 g/mol. The molecule has 2 aromatic heterocycles. The summed E-state index contributed by atoms with van der Waals surface area (Å²) in [5.41, 5.74) is 3.08.